The number of pyridine rings is 1. The van der Waals surface area contributed by atoms with Crippen LogP contribution in [0.15, 0.2) is 42.7 Å². The Balaban J connectivity index is 0.00000274. The SMILES string of the molecule is COc1cc(-n2ncc(COc3cccc([C@@H](CC(=O)O)C4CC4)c3)c2C2CC2)c(F)cn1.S. The summed E-state index contributed by atoms with van der Waals surface area (Å²) in [5.74, 6) is 0.527. The second-order valence-corrected chi connectivity index (χ2v) is 8.82. The first-order valence-corrected chi connectivity index (χ1v) is 11.2. The van der Waals surface area contributed by atoms with Gasteiger partial charge in [-0.15, -0.1) is 0 Å². The van der Waals surface area contributed by atoms with Crippen molar-refractivity contribution < 1.29 is 23.8 Å². The van der Waals surface area contributed by atoms with E-state index in [9.17, 15) is 14.3 Å². The Hall–Kier alpha value is -3.07. The summed E-state index contributed by atoms with van der Waals surface area (Å²) in [6, 6.07) is 9.25. The fourth-order valence-corrected chi connectivity index (χ4v) is 4.41. The number of halogens is 1. The molecular formula is C25H28FN3O4S. The van der Waals surface area contributed by atoms with Gasteiger partial charge in [-0.2, -0.15) is 18.6 Å². The smallest absolute Gasteiger partial charge is 0.303 e. The van der Waals surface area contributed by atoms with Crippen molar-refractivity contribution in [1.82, 2.24) is 14.8 Å². The van der Waals surface area contributed by atoms with Gasteiger partial charge in [0.05, 0.1) is 31.6 Å². The van der Waals surface area contributed by atoms with Crippen LogP contribution in [0.5, 0.6) is 11.6 Å². The van der Waals surface area contributed by atoms with Crippen LogP contribution in [0.1, 0.15) is 60.8 Å². The van der Waals surface area contributed by atoms with Crippen LogP contribution in [0.25, 0.3) is 5.69 Å². The third-order valence-electron chi connectivity index (χ3n) is 6.36. The van der Waals surface area contributed by atoms with Gasteiger partial charge in [-0.3, -0.25) is 4.79 Å². The zero-order valence-electron chi connectivity index (χ0n) is 18.9. The van der Waals surface area contributed by atoms with Gasteiger partial charge in [-0.05, 0) is 55.2 Å². The Morgan fingerprint density at radius 2 is 2.03 bits per heavy atom. The molecule has 2 fully saturated rings. The molecule has 0 bridgehead atoms. The molecular weight excluding hydrogens is 457 g/mol. The Kier molecular flexibility index (Phi) is 7.11. The first kappa shape index (κ1) is 24.1. The number of aliphatic carboxylic acids is 1. The third kappa shape index (κ3) is 5.19. The van der Waals surface area contributed by atoms with E-state index < -0.39 is 11.8 Å². The second kappa shape index (κ2) is 10.0. The summed E-state index contributed by atoms with van der Waals surface area (Å²) in [6.45, 7) is 0.298. The quantitative estimate of drug-likeness (QED) is 0.437. The minimum absolute atomic E-state index is 0. The number of carboxylic acid groups (broad SMARTS) is 1. The van der Waals surface area contributed by atoms with Crippen molar-refractivity contribution in [3.8, 4) is 17.3 Å². The van der Waals surface area contributed by atoms with E-state index in [2.05, 4.69) is 10.1 Å². The number of ether oxygens (including phenoxy) is 2. The van der Waals surface area contributed by atoms with Gasteiger partial charge < -0.3 is 14.6 Å². The molecule has 34 heavy (non-hydrogen) atoms. The predicted octanol–water partition coefficient (Wildman–Crippen LogP) is 4.95. The number of hydrogen-bond donors (Lipinski definition) is 1. The molecule has 0 saturated heterocycles. The molecule has 2 aromatic heterocycles. The number of carbonyl (C=O) groups is 1. The zero-order chi connectivity index (χ0) is 22.9. The third-order valence-corrected chi connectivity index (χ3v) is 6.36. The van der Waals surface area contributed by atoms with Crippen LogP contribution in [-0.2, 0) is 11.4 Å². The van der Waals surface area contributed by atoms with E-state index in [1.54, 1.807) is 16.9 Å². The summed E-state index contributed by atoms with van der Waals surface area (Å²) in [6.07, 6.45) is 7.19. The fourth-order valence-electron chi connectivity index (χ4n) is 4.41. The van der Waals surface area contributed by atoms with Gasteiger partial charge in [-0.25, -0.2) is 14.1 Å². The summed E-state index contributed by atoms with van der Waals surface area (Å²) in [5.41, 5.74) is 3.15. The van der Waals surface area contributed by atoms with Crippen LogP contribution in [0.4, 0.5) is 4.39 Å². The maximum atomic E-state index is 14.5. The Morgan fingerprint density at radius 3 is 2.71 bits per heavy atom. The minimum atomic E-state index is -0.778. The van der Waals surface area contributed by atoms with Crippen molar-refractivity contribution in [3.05, 3.63) is 65.4 Å². The number of carboxylic acids is 1. The van der Waals surface area contributed by atoms with E-state index in [4.69, 9.17) is 9.47 Å². The van der Waals surface area contributed by atoms with Gasteiger partial charge in [0.1, 0.15) is 18.0 Å². The monoisotopic (exact) mass is 485 g/mol. The van der Waals surface area contributed by atoms with Crippen LogP contribution >= 0.6 is 13.5 Å². The lowest BCUT2D eigenvalue weighted by Crippen LogP contribution is -2.09. The highest BCUT2D eigenvalue weighted by atomic mass is 32.1. The molecule has 0 spiro atoms. The lowest BCUT2D eigenvalue weighted by Gasteiger charge is -2.16. The van der Waals surface area contributed by atoms with Crippen molar-refractivity contribution >= 4 is 19.5 Å². The molecule has 2 aliphatic carbocycles. The summed E-state index contributed by atoms with van der Waals surface area (Å²) >= 11 is 0. The molecule has 2 aliphatic rings. The molecule has 0 amide bonds. The first-order chi connectivity index (χ1) is 16.0. The molecule has 0 radical (unpaired) electrons. The van der Waals surface area contributed by atoms with E-state index in [1.807, 2.05) is 24.3 Å². The average Bonchev–Trinajstić information content (AvgIpc) is 3.75. The maximum Gasteiger partial charge on any atom is 0.303 e. The topological polar surface area (TPSA) is 86.5 Å². The van der Waals surface area contributed by atoms with Crippen molar-refractivity contribution in [1.29, 1.82) is 0 Å². The standard InChI is InChI=1S/C25H26FN3O4.H2S/c1-32-23-11-22(21(26)13-27-23)29-25(16-7-8-16)18(12-28-29)14-33-19-4-2-3-17(9-19)20(10-24(30)31)15-5-6-15;/h2-4,9,11-13,15-16,20H,5-8,10,14H2,1H3,(H,30,31);1H2/t20-;/m0./s1. The largest absolute Gasteiger partial charge is 0.489 e. The molecule has 5 rings (SSSR count). The molecule has 1 atom stereocenters. The van der Waals surface area contributed by atoms with Gasteiger partial charge in [0.25, 0.3) is 0 Å². The minimum Gasteiger partial charge on any atom is -0.489 e. The number of rotatable bonds is 10. The van der Waals surface area contributed by atoms with Gasteiger partial charge in [0.2, 0.25) is 5.88 Å². The highest BCUT2D eigenvalue weighted by Gasteiger charge is 2.34. The van der Waals surface area contributed by atoms with Crippen LogP contribution in [0.2, 0.25) is 0 Å². The molecule has 3 aromatic rings. The molecule has 9 heteroatoms. The summed E-state index contributed by atoms with van der Waals surface area (Å²) < 4.78 is 27.4. The van der Waals surface area contributed by atoms with Gasteiger partial charge >= 0.3 is 5.97 Å². The number of benzene rings is 1. The Morgan fingerprint density at radius 1 is 1.24 bits per heavy atom. The molecule has 2 saturated carbocycles. The molecule has 7 nitrogen and oxygen atoms in total. The maximum absolute atomic E-state index is 14.5. The van der Waals surface area contributed by atoms with E-state index in [-0.39, 0.29) is 25.8 Å². The first-order valence-electron chi connectivity index (χ1n) is 11.2. The number of methoxy groups -OCH3 is 1. The molecule has 1 N–H and O–H groups in total. The van der Waals surface area contributed by atoms with Gasteiger partial charge in [0, 0.05) is 17.5 Å². The number of hydrogen-bond acceptors (Lipinski definition) is 5. The molecule has 0 aliphatic heterocycles. The Bertz CT molecular complexity index is 1180. The van der Waals surface area contributed by atoms with Gasteiger partial charge in [-0.1, -0.05) is 12.1 Å². The lowest BCUT2D eigenvalue weighted by molar-refractivity contribution is -0.137. The van der Waals surface area contributed by atoms with Crippen LogP contribution in [0.3, 0.4) is 0 Å². The summed E-state index contributed by atoms with van der Waals surface area (Å²) in [7, 11) is 1.49. The van der Waals surface area contributed by atoms with Crippen LogP contribution in [-0.4, -0.2) is 33.0 Å². The van der Waals surface area contributed by atoms with Crippen molar-refractivity contribution in [3.63, 3.8) is 0 Å². The van der Waals surface area contributed by atoms with Crippen LogP contribution < -0.4 is 9.47 Å². The summed E-state index contributed by atoms with van der Waals surface area (Å²) in [5, 5.41) is 13.8. The molecule has 180 valence electrons. The lowest BCUT2D eigenvalue weighted by atomic mass is 9.91. The predicted molar refractivity (Wildman–Crippen MR) is 129 cm³/mol. The average molecular weight is 486 g/mol. The highest BCUT2D eigenvalue weighted by Crippen LogP contribution is 2.45. The Labute approximate surface area is 204 Å². The second-order valence-electron chi connectivity index (χ2n) is 8.82. The van der Waals surface area contributed by atoms with Crippen LogP contribution in [0, 0.1) is 11.7 Å². The molecule has 1 aromatic carbocycles. The van der Waals surface area contributed by atoms with E-state index in [0.29, 0.717) is 35.8 Å². The molecule has 0 unspecified atom stereocenters. The van der Waals surface area contributed by atoms with Crippen molar-refractivity contribution in [2.45, 2.75) is 50.5 Å². The van der Waals surface area contributed by atoms with Crippen molar-refractivity contribution in [2.75, 3.05) is 7.11 Å². The highest BCUT2D eigenvalue weighted by molar-refractivity contribution is 7.59. The van der Waals surface area contributed by atoms with E-state index >= 15 is 0 Å². The summed E-state index contributed by atoms with van der Waals surface area (Å²) in [4.78, 5) is 15.2. The molecule has 2 heterocycles. The van der Waals surface area contributed by atoms with E-state index in [0.717, 1.165) is 48.7 Å². The number of aromatic nitrogens is 3. The fraction of sp³-hybridized carbons (Fsp3) is 0.400. The van der Waals surface area contributed by atoms with Crippen molar-refractivity contribution in [2.24, 2.45) is 5.92 Å². The zero-order valence-corrected chi connectivity index (χ0v) is 19.9. The normalized spacial score (nSPS) is 15.9. The number of nitrogens with zero attached hydrogens (tertiary/aromatic N) is 3. The van der Waals surface area contributed by atoms with Gasteiger partial charge in [0.15, 0.2) is 5.82 Å². The van der Waals surface area contributed by atoms with E-state index in [1.165, 1.54) is 7.11 Å².